The van der Waals surface area contributed by atoms with E-state index in [0.29, 0.717) is 12.1 Å². The molecule has 1 aromatic rings. The molecule has 1 N–H and O–H groups in total. The third-order valence-corrected chi connectivity index (χ3v) is 4.82. The standard InChI is InChI=1S/C18H29BrN2/c1-4-5-18-11-20-17(10-14(2)3)13-21(18)12-15-6-8-16(19)9-7-15/h6-9,14,17-18,20H,4-5,10-13H2,1-3H3. The van der Waals surface area contributed by atoms with Crippen molar-refractivity contribution in [2.75, 3.05) is 13.1 Å². The Morgan fingerprint density at radius 3 is 2.62 bits per heavy atom. The molecule has 0 amide bonds. The number of benzene rings is 1. The second-order valence-electron chi connectivity index (χ2n) is 6.73. The van der Waals surface area contributed by atoms with E-state index in [4.69, 9.17) is 0 Å². The van der Waals surface area contributed by atoms with Crippen LogP contribution in [-0.2, 0) is 6.54 Å². The third kappa shape index (κ3) is 5.39. The molecule has 118 valence electrons. The van der Waals surface area contributed by atoms with Crippen molar-refractivity contribution < 1.29 is 0 Å². The fraction of sp³-hybridized carbons (Fsp3) is 0.667. The smallest absolute Gasteiger partial charge is 0.0237 e. The lowest BCUT2D eigenvalue weighted by Crippen LogP contribution is -2.56. The van der Waals surface area contributed by atoms with E-state index in [-0.39, 0.29) is 0 Å². The minimum absolute atomic E-state index is 0.647. The van der Waals surface area contributed by atoms with E-state index in [2.05, 4.69) is 71.2 Å². The number of hydrogen-bond donors (Lipinski definition) is 1. The van der Waals surface area contributed by atoms with Crippen LogP contribution in [0.25, 0.3) is 0 Å². The van der Waals surface area contributed by atoms with Crippen LogP contribution in [0.1, 0.15) is 45.6 Å². The molecule has 1 aromatic carbocycles. The number of hydrogen-bond acceptors (Lipinski definition) is 2. The van der Waals surface area contributed by atoms with Crippen LogP contribution in [0.15, 0.2) is 28.7 Å². The molecule has 3 heteroatoms. The number of rotatable bonds is 6. The Morgan fingerprint density at radius 2 is 2.00 bits per heavy atom. The first-order chi connectivity index (χ1) is 10.1. The molecule has 2 atom stereocenters. The SMILES string of the molecule is CCCC1CNC(CC(C)C)CN1Cc1ccc(Br)cc1. The second kappa shape index (κ2) is 8.30. The first-order valence-electron chi connectivity index (χ1n) is 8.30. The lowest BCUT2D eigenvalue weighted by atomic mass is 9.97. The van der Waals surface area contributed by atoms with Crippen LogP contribution in [-0.4, -0.2) is 30.1 Å². The molecule has 1 aliphatic heterocycles. The van der Waals surface area contributed by atoms with Crippen molar-refractivity contribution in [1.29, 1.82) is 0 Å². The van der Waals surface area contributed by atoms with Crippen molar-refractivity contribution in [3.05, 3.63) is 34.3 Å². The summed E-state index contributed by atoms with van der Waals surface area (Å²) in [5, 5.41) is 3.76. The van der Waals surface area contributed by atoms with Crippen LogP contribution in [0, 0.1) is 5.92 Å². The van der Waals surface area contributed by atoms with Gasteiger partial charge in [0, 0.05) is 36.2 Å². The molecule has 2 rings (SSSR count). The van der Waals surface area contributed by atoms with E-state index >= 15 is 0 Å². The van der Waals surface area contributed by atoms with Gasteiger partial charge in [0.05, 0.1) is 0 Å². The highest BCUT2D eigenvalue weighted by atomic mass is 79.9. The van der Waals surface area contributed by atoms with Gasteiger partial charge in [-0.1, -0.05) is 55.3 Å². The van der Waals surface area contributed by atoms with Crippen LogP contribution < -0.4 is 5.32 Å². The topological polar surface area (TPSA) is 15.3 Å². The predicted molar refractivity (Wildman–Crippen MR) is 94.5 cm³/mol. The van der Waals surface area contributed by atoms with Gasteiger partial charge < -0.3 is 5.32 Å². The molecule has 2 unspecified atom stereocenters. The van der Waals surface area contributed by atoms with Gasteiger partial charge in [-0.25, -0.2) is 0 Å². The molecular formula is C18H29BrN2. The molecule has 0 spiro atoms. The molecule has 0 aliphatic carbocycles. The highest BCUT2D eigenvalue weighted by molar-refractivity contribution is 9.10. The van der Waals surface area contributed by atoms with Gasteiger partial charge in [-0.3, -0.25) is 4.90 Å². The predicted octanol–water partition coefficient (Wildman–Crippen LogP) is 4.44. The summed E-state index contributed by atoms with van der Waals surface area (Å²) in [5.74, 6) is 0.764. The van der Waals surface area contributed by atoms with Crippen LogP contribution in [0.5, 0.6) is 0 Å². The van der Waals surface area contributed by atoms with Crippen LogP contribution >= 0.6 is 15.9 Å². The zero-order valence-electron chi connectivity index (χ0n) is 13.6. The molecule has 0 bridgehead atoms. The molecule has 1 aliphatic rings. The Kier molecular flexibility index (Phi) is 6.72. The van der Waals surface area contributed by atoms with E-state index in [1.807, 2.05) is 0 Å². The largest absolute Gasteiger partial charge is 0.311 e. The Bertz CT molecular complexity index is 416. The van der Waals surface area contributed by atoms with Gasteiger partial charge in [-0.15, -0.1) is 0 Å². The van der Waals surface area contributed by atoms with Crippen molar-refractivity contribution in [2.24, 2.45) is 5.92 Å². The van der Waals surface area contributed by atoms with Crippen LogP contribution in [0.3, 0.4) is 0 Å². The number of nitrogens with one attached hydrogen (secondary N) is 1. The lowest BCUT2D eigenvalue weighted by Gasteiger charge is -2.41. The molecule has 0 radical (unpaired) electrons. The lowest BCUT2D eigenvalue weighted by molar-refractivity contribution is 0.108. The van der Waals surface area contributed by atoms with Crippen LogP contribution in [0.4, 0.5) is 0 Å². The van der Waals surface area contributed by atoms with Gasteiger partial charge in [-0.2, -0.15) is 0 Å². The van der Waals surface area contributed by atoms with Gasteiger partial charge in [0.1, 0.15) is 0 Å². The normalized spacial score (nSPS) is 23.7. The maximum atomic E-state index is 3.76. The Labute approximate surface area is 138 Å². The van der Waals surface area contributed by atoms with E-state index in [0.717, 1.165) is 23.5 Å². The quantitative estimate of drug-likeness (QED) is 0.814. The molecule has 0 saturated carbocycles. The van der Waals surface area contributed by atoms with Gasteiger partial charge in [0.25, 0.3) is 0 Å². The van der Waals surface area contributed by atoms with Crippen molar-refractivity contribution >= 4 is 15.9 Å². The van der Waals surface area contributed by atoms with Gasteiger partial charge >= 0.3 is 0 Å². The average molecular weight is 353 g/mol. The summed E-state index contributed by atoms with van der Waals surface area (Å²) < 4.78 is 1.16. The van der Waals surface area contributed by atoms with E-state index in [1.54, 1.807) is 0 Å². The average Bonchev–Trinajstić information content (AvgIpc) is 2.44. The third-order valence-electron chi connectivity index (χ3n) is 4.29. The van der Waals surface area contributed by atoms with Crippen molar-refractivity contribution in [2.45, 2.75) is 58.7 Å². The number of halogens is 1. The van der Waals surface area contributed by atoms with Gasteiger partial charge in [-0.05, 0) is 36.5 Å². The summed E-state index contributed by atoms with van der Waals surface area (Å²) in [6.07, 6.45) is 3.83. The van der Waals surface area contributed by atoms with E-state index in [1.165, 1.54) is 31.4 Å². The molecule has 0 aromatic heterocycles. The summed E-state index contributed by atoms with van der Waals surface area (Å²) in [7, 11) is 0. The molecule has 21 heavy (non-hydrogen) atoms. The highest BCUT2D eigenvalue weighted by Crippen LogP contribution is 2.20. The summed E-state index contributed by atoms with van der Waals surface area (Å²) >= 11 is 3.52. The Balaban J connectivity index is 2.01. The number of nitrogens with zero attached hydrogens (tertiary/aromatic N) is 1. The van der Waals surface area contributed by atoms with Gasteiger partial charge in [0.15, 0.2) is 0 Å². The zero-order valence-corrected chi connectivity index (χ0v) is 15.2. The molecule has 1 saturated heterocycles. The monoisotopic (exact) mass is 352 g/mol. The molecule has 1 heterocycles. The van der Waals surface area contributed by atoms with Crippen molar-refractivity contribution in [3.8, 4) is 0 Å². The summed E-state index contributed by atoms with van der Waals surface area (Å²) in [5.41, 5.74) is 1.42. The van der Waals surface area contributed by atoms with Crippen molar-refractivity contribution in [1.82, 2.24) is 10.2 Å². The minimum atomic E-state index is 0.647. The Morgan fingerprint density at radius 1 is 1.29 bits per heavy atom. The molecule has 1 fully saturated rings. The number of piperazine rings is 1. The summed E-state index contributed by atoms with van der Waals surface area (Å²) in [4.78, 5) is 2.69. The first-order valence-corrected chi connectivity index (χ1v) is 9.09. The zero-order chi connectivity index (χ0) is 15.2. The molecular weight excluding hydrogens is 324 g/mol. The highest BCUT2D eigenvalue weighted by Gasteiger charge is 2.27. The Hall–Kier alpha value is -0.380. The maximum Gasteiger partial charge on any atom is 0.0237 e. The minimum Gasteiger partial charge on any atom is -0.311 e. The van der Waals surface area contributed by atoms with Crippen LogP contribution in [0.2, 0.25) is 0 Å². The molecule has 2 nitrogen and oxygen atoms in total. The van der Waals surface area contributed by atoms with Gasteiger partial charge in [0.2, 0.25) is 0 Å². The van der Waals surface area contributed by atoms with Crippen molar-refractivity contribution in [3.63, 3.8) is 0 Å². The second-order valence-corrected chi connectivity index (χ2v) is 7.65. The van der Waals surface area contributed by atoms with E-state index < -0.39 is 0 Å². The fourth-order valence-electron chi connectivity index (χ4n) is 3.29. The van der Waals surface area contributed by atoms with E-state index in [9.17, 15) is 0 Å². The first kappa shape index (κ1) is 17.0. The summed E-state index contributed by atoms with van der Waals surface area (Å²) in [6, 6.07) is 10.1. The maximum absolute atomic E-state index is 3.76. The fourth-order valence-corrected chi connectivity index (χ4v) is 3.56. The summed E-state index contributed by atoms with van der Waals surface area (Å²) in [6.45, 7) is 10.3.